The predicted octanol–water partition coefficient (Wildman–Crippen LogP) is 0.372. The number of imide groups is 1. The first-order chi connectivity index (χ1) is 10.3. The highest BCUT2D eigenvalue weighted by molar-refractivity contribution is 6.09. The van der Waals surface area contributed by atoms with E-state index in [9.17, 15) is 14.4 Å². The van der Waals surface area contributed by atoms with Gasteiger partial charge in [0.15, 0.2) is 0 Å². The van der Waals surface area contributed by atoms with E-state index in [0.717, 1.165) is 30.6 Å². The molecule has 0 radical (unpaired) electrons. The average molecular weight is 345 g/mol. The molecule has 0 aromatic heterocycles. The fourth-order valence-corrected chi connectivity index (χ4v) is 3.34. The van der Waals surface area contributed by atoms with Crippen LogP contribution in [0.5, 0.6) is 0 Å². The van der Waals surface area contributed by atoms with E-state index < -0.39 is 17.1 Å². The molecule has 3 fully saturated rings. The van der Waals surface area contributed by atoms with Gasteiger partial charge in [-0.1, -0.05) is 0 Å². The molecule has 1 heterocycles. The molecule has 0 bridgehead atoms. The molecule has 4 N–H and O–H groups in total. The Morgan fingerprint density at radius 1 is 1.39 bits per heavy atom. The average Bonchev–Trinajstić information content (AvgIpc) is 3.33. The number of nitrogens with zero attached hydrogens (tertiary/aromatic N) is 1. The monoisotopic (exact) mass is 344 g/mol. The largest absolute Gasteiger partial charge is 0.348 e. The second kappa shape index (κ2) is 5.94. The van der Waals surface area contributed by atoms with Gasteiger partial charge in [-0.3, -0.25) is 14.5 Å². The van der Waals surface area contributed by atoms with Gasteiger partial charge in [0, 0.05) is 6.54 Å². The van der Waals surface area contributed by atoms with Gasteiger partial charge in [-0.15, -0.1) is 12.4 Å². The Bertz CT molecular complexity index is 535. The van der Waals surface area contributed by atoms with Crippen LogP contribution in [0.2, 0.25) is 0 Å². The number of hydrogen-bond acceptors (Lipinski definition) is 4. The molecule has 23 heavy (non-hydrogen) atoms. The van der Waals surface area contributed by atoms with Crippen LogP contribution in [0.25, 0.3) is 0 Å². The lowest BCUT2D eigenvalue weighted by Gasteiger charge is -2.30. The molecule has 4 amide bonds. The molecule has 2 unspecified atom stereocenters. The third kappa shape index (κ3) is 3.17. The minimum Gasteiger partial charge on any atom is -0.348 e. The summed E-state index contributed by atoms with van der Waals surface area (Å²) in [6.07, 6.45) is 3.98. The maximum atomic E-state index is 12.5. The number of carbonyl (C=O) groups excluding carboxylic acids is 3. The summed E-state index contributed by atoms with van der Waals surface area (Å²) in [4.78, 5) is 37.8. The summed E-state index contributed by atoms with van der Waals surface area (Å²) in [5.41, 5.74) is 4.49. The lowest BCUT2D eigenvalue weighted by atomic mass is 9.95. The number of nitrogens with one attached hydrogen (secondary N) is 2. The zero-order valence-corrected chi connectivity index (χ0v) is 14.4. The van der Waals surface area contributed by atoms with Crippen LogP contribution >= 0.6 is 12.4 Å². The first-order valence-electron chi connectivity index (χ1n) is 7.95. The number of nitrogens with two attached hydrogens (primary N) is 1. The van der Waals surface area contributed by atoms with Gasteiger partial charge in [0.05, 0.1) is 5.54 Å². The first-order valence-corrected chi connectivity index (χ1v) is 7.95. The van der Waals surface area contributed by atoms with Crippen molar-refractivity contribution in [2.24, 2.45) is 17.6 Å². The first kappa shape index (κ1) is 18.0. The topological polar surface area (TPSA) is 105 Å². The van der Waals surface area contributed by atoms with Crippen molar-refractivity contribution in [1.82, 2.24) is 15.5 Å². The minimum absolute atomic E-state index is 0. The van der Waals surface area contributed by atoms with E-state index in [-0.39, 0.29) is 36.7 Å². The smallest absolute Gasteiger partial charge is 0.325 e. The second-order valence-corrected chi connectivity index (χ2v) is 7.24. The number of amides is 4. The molecule has 0 aromatic rings. The Kier molecular flexibility index (Phi) is 4.65. The van der Waals surface area contributed by atoms with Crippen molar-refractivity contribution in [3.63, 3.8) is 0 Å². The van der Waals surface area contributed by atoms with Gasteiger partial charge < -0.3 is 16.4 Å². The van der Waals surface area contributed by atoms with Crippen LogP contribution in [0.3, 0.4) is 0 Å². The lowest BCUT2D eigenvalue weighted by Crippen LogP contribution is -2.56. The molecule has 0 aromatic carbocycles. The molecule has 1 saturated heterocycles. The zero-order valence-electron chi connectivity index (χ0n) is 13.6. The van der Waals surface area contributed by atoms with Crippen molar-refractivity contribution in [1.29, 1.82) is 0 Å². The van der Waals surface area contributed by atoms with Crippen molar-refractivity contribution in [3.8, 4) is 0 Å². The van der Waals surface area contributed by atoms with Crippen LogP contribution in [0, 0.1) is 11.8 Å². The highest BCUT2D eigenvalue weighted by Gasteiger charge is 2.56. The number of carbonyl (C=O) groups is 3. The number of halogens is 1. The van der Waals surface area contributed by atoms with Crippen LogP contribution in [-0.2, 0) is 9.59 Å². The molecule has 7 nitrogen and oxygen atoms in total. The fraction of sp³-hybridized carbons (Fsp3) is 0.800. The van der Waals surface area contributed by atoms with E-state index in [1.807, 2.05) is 6.92 Å². The molecule has 130 valence electrons. The van der Waals surface area contributed by atoms with Gasteiger partial charge in [-0.25, -0.2) is 4.79 Å². The zero-order chi connectivity index (χ0) is 16.1. The van der Waals surface area contributed by atoms with E-state index in [1.54, 1.807) is 6.92 Å². The molecule has 2 aliphatic carbocycles. The second-order valence-electron chi connectivity index (χ2n) is 7.24. The van der Waals surface area contributed by atoms with Gasteiger partial charge in [-0.2, -0.15) is 0 Å². The summed E-state index contributed by atoms with van der Waals surface area (Å²) >= 11 is 0. The van der Waals surface area contributed by atoms with Crippen molar-refractivity contribution >= 4 is 30.3 Å². The van der Waals surface area contributed by atoms with Crippen LogP contribution in [-0.4, -0.2) is 46.9 Å². The van der Waals surface area contributed by atoms with Crippen molar-refractivity contribution in [2.45, 2.75) is 50.6 Å². The summed E-state index contributed by atoms with van der Waals surface area (Å²) in [7, 11) is 0. The summed E-state index contributed by atoms with van der Waals surface area (Å²) < 4.78 is 0. The predicted molar refractivity (Wildman–Crippen MR) is 86.9 cm³/mol. The molecule has 2 saturated carbocycles. The maximum Gasteiger partial charge on any atom is 0.325 e. The molecule has 3 aliphatic rings. The van der Waals surface area contributed by atoms with Crippen LogP contribution in [0.1, 0.15) is 39.5 Å². The summed E-state index contributed by atoms with van der Waals surface area (Å²) in [5.74, 6) is -0.0431. The van der Waals surface area contributed by atoms with E-state index in [1.165, 1.54) is 0 Å². The standard InChI is InChI=1S/C15H24N4O3.ClH/c1-14(8-16,9-3-4-9)17-11(20)7-19-12(21)15(2,10-5-6-10)18-13(19)22;/h9-10H,3-8,16H2,1-2H3,(H,17,20)(H,18,22);1H. The van der Waals surface area contributed by atoms with E-state index in [2.05, 4.69) is 10.6 Å². The number of hydrogen-bond donors (Lipinski definition) is 3. The van der Waals surface area contributed by atoms with Crippen LogP contribution in [0.4, 0.5) is 4.79 Å². The van der Waals surface area contributed by atoms with E-state index in [0.29, 0.717) is 12.5 Å². The molecule has 2 atom stereocenters. The highest BCUT2D eigenvalue weighted by atomic mass is 35.5. The third-order valence-electron chi connectivity index (χ3n) is 5.32. The van der Waals surface area contributed by atoms with Gasteiger partial charge in [0.1, 0.15) is 12.1 Å². The Labute approximate surface area is 142 Å². The summed E-state index contributed by atoms with van der Waals surface area (Å²) in [5, 5.41) is 5.65. The lowest BCUT2D eigenvalue weighted by molar-refractivity contribution is -0.135. The van der Waals surface area contributed by atoms with Gasteiger partial charge in [0.2, 0.25) is 5.91 Å². The number of rotatable bonds is 6. The molecule has 1 aliphatic heterocycles. The maximum absolute atomic E-state index is 12.5. The number of urea groups is 1. The molecular weight excluding hydrogens is 320 g/mol. The summed E-state index contributed by atoms with van der Waals surface area (Å²) in [6.45, 7) is 3.78. The Hall–Kier alpha value is -1.34. The van der Waals surface area contributed by atoms with Crippen molar-refractivity contribution < 1.29 is 14.4 Å². The Morgan fingerprint density at radius 2 is 2.00 bits per heavy atom. The molecule has 3 rings (SSSR count). The van der Waals surface area contributed by atoms with Gasteiger partial charge >= 0.3 is 6.03 Å². The van der Waals surface area contributed by atoms with Crippen molar-refractivity contribution in [3.05, 3.63) is 0 Å². The highest BCUT2D eigenvalue weighted by Crippen LogP contribution is 2.42. The Balaban J connectivity index is 0.00000192. The third-order valence-corrected chi connectivity index (χ3v) is 5.32. The van der Waals surface area contributed by atoms with Gasteiger partial charge in [0.25, 0.3) is 5.91 Å². The van der Waals surface area contributed by atoms with E-state index >= 15 is 0 Å². The minimum atomic E-state index is -0.842. The molecular formula is C15H25ClN4O3. The van der Waals surface area contributed by atoms with Gasteiger partial charge in [-0.05, 0) is 51.4 Å². The van der Waals surface area contributed by atoms with Crippen molar-refractivity contribution in [2.75, 3.05) is 13.1 Å². The molecule has 0 spiro atoms. The normalized spacial score (nSPS) is 29.6. The van der Waals surface area contributed by atoms with E-state index in [4.69, 9.17) is 5.73 Å². The quantitative estimate of drug-likeness (QED) is 0.605. The Morgan fingerprint density at radius 3 is 2.48 bits per heavy atom. The summed E-state index contributed by atoms with van der Waals surface area (Å²) in [6, 6.07) is -0.476. The fourth-order valence-electron chi connectivity index (χ4n) is 3.34. The van der Waals surface area contributed by atoms with Crippen LogP contribution < -0.4 is 16.4 Å². The van der Waals surface area contributed by atoms with Crippen LogP contribution in [0.15, 0.2) is 0 Å². The SMILES string of the molecule is CC(CN)(NC(=O)CN1C(=O)NC(C)(C2CC2)C1=O)C1CC1.Cl. The molecule has 8 heteroatoms.